The first-order valence-corrected chi connectivity index (χ1v) is 8.27. The van der Waals surface area contributed by atoms with E-state index in [4.69, 9.17) is 10.5 Å². The number of benzene rings is 2. The molecular weight excluding hydrogens is 370 g/mol. The molecule has 2 amide bonds. The third-order valence-electron chi connectivity index (χ3n) is 4.44. The second kappa shape index (κ2) is 8.85. The molecule has 1 aliphatic heterocycles. The number of ether oxygens (including phenoxy) is 1. The molecule has 0 aliphatic carbocycles. The maximum atomic E-state index is 12.3. The Balaban J connectivity index is 0.00000261. The van der Waals surface area contributed by atoms with Crippen molar-refractivity contribution in [3.05, 3.63) is 53.6 Å². The van der Waals surface area contributed by atoms with Crippen LogP contribution in [-0.4, -0.2) is 49.3 Å². The quantitative estimate of drug-likeness (QED) is 0.606. The lowest BCUT2D eigenvalue weighted by atomic mass is 10.00. The van der Waals surface area contributed by atoms with Gasteiger partial charge in [-0.05, 0) is 35.9 Å². The number of rotatable bonds is 5. The topological polar surface area (TPSA) is 114 Å². The van der Waals surface area contributed by atoms with Crippen molar-refractivity contribution >= 4 is 24.2 Å². The predicted octanol–water partition coefficient (Wildman–Crippen LogP) is 0.945. The number of aliphatic hydroxyl groups is 1. The summed E-state index contributed by atoms with van der Waals surface area (Å²) in [4.78, 5) is 23.7. The Morgan fingerprint density at radius 3 is 2.37 bits per heavy atom. The number of hydrogen-bond donors (Lipinski definition) is 4. The summed E-state index contributed by atoms with van der Waals surface area (Å²) in [5.41, 5.74) is 7.72. The van der Waals surface area contributed by atoms with Crippen molar-refractivity contribution in [1.29, 1.82) is 0 Å². The Kier molecular flexibility index (Phi) is 6.79. The van der Waals surface area contributed by atoms with Crippen LogP contribution in [0.3, 0.4) is 0 Å². The standard InChI is InChI=1S/C19H21N3O4.ClH/c1-26-17-7-6-13(18(20)24)8-14(17)11-2-4-12(5-3-11)19(25)22-15-9-21-10-16(15)23;/h2-8,15-16,21,23H,9-10H2,1H3,(H2,20,24)(H,22,25);1H/t15-,16-;/m1./s1. The maximum absolute atomic E-state index is 12.3. The largest absolute Gasteiger partial charge is 0.496 e. The minimum Gasteiger partial charge on any atom is -0.496 e. The van der Waals surface area contributed by atoms with Gasteiger partial charge >= 0.3 is 0 Å². The van der Waals surface area contributed by atoms with E-state index in [1.54, 1.807) is 49.6 Å². The molecule has 0 radical (unpaired) electrons. The smallest absolute Gasteiger partial charge is 0.251 e. The van der Waals surface area contributed by atoms with Gasteiger partial charge in [0.15, 0.2) is 0 Å². The summed E-state index contributed by atoms with van der Waals surface area (Å²) in [5.74, 6) is -0.164. The van der Waals surface area contributed by atoms with Crippen molar-refractivity contribution in [2.24, 2.45) is 5.73 Å². The van der Waals surface area contributed by atoms with Gasteiger partial charge in [0.05, 0.1) is 19.3 Å². The zero-order valence-corrected chi connectivity index (χ0v) is 15.6. The summed E-state index contributed by atoms with van der Waals surface area (Å²) in [6.07, 6.45) is -0.584. The molecule has 27 heavy (non-hydrogen) atoms. The lowest BCUT2D eigenvalue weighted by molar-refractivity contribution is 0.0888. The third kappa shape index (κ3) is 4.57. The van der Waals surface area contributed by atoms with Crippen LogP contribution >= 0.6 is 12.4 Å². The van der Waals surface area contributed by atoms with Crippen LogP contribution in [0.4, 0.5) is 0 Å². The zero-order valence-electron chi connectivity index (χ0n) is 14.8. The lowest BCUT2D eigenvalue weighted by Crippen LogP contribution is -2.42. The van der Waals surface area contributed by atoms with Crippen molar-refractivity contribution in [1.82, 2.24) is 10.6 Å². The first kappa shape index (κ1) is 20.7. The second-order valence-corrected chi connectivity index (χ2v) is 6.16. The fraction of sp³-hybridized carbons (Fsp3) is 0.263. The SMILES string of the molecule is COc1ccc(C(N)=O)cc1-c1ccc(C(=O)N[C@@H]2CNC[C@H]2O)cc1.Cl. The molecule has 1 heterocycles. The molecule has 2 aromatic carbocycles. The number of methoxy groups -OCH3 is 1. The van der Waals surface area contributed by atoms with Gasteiger partial charge in [-0.25, -0.2) is 0 Å². The number of primary amides is 1. The van der Waals surface area contributed by atoms with E-state index in [0.717, 1.165) is 5.56 Å². The average molecular weight is 392 g/mol. The van der Waals surface area contributed by atoms with Gasteiger partial charge in [-0.1, -0.05) is 12.1 Å². The van der Waals surface area contributed by atoms with Gasteiger partial charge in [-0.3, -0.25) is 9.59 Å². The van der Waals surface area contributed by atoms with Crippen molar-refractivity contribution in [3.63, 3.8) is 0 Å². The minimum atomic E-state index is -0.584. The molecule has 2 aromatic rings. The van der Waals surface area contributed by atoms with Crippen LogP contribution in [0.2, 0.25) is 0 Å². The monoisotopic (exact) mass is 391 g/mol. The van der Waals surface area contributed by atoms with Crippen LogP contribution in [0, 0.1) is 0 Å². The fourth-order valence-corrected chi connectivity index (χ4v) is 2.95. The Bertz CT molecular complexity index is 826. The van der Waals surface area contributed by atoms with E-state index < -0.39 is 12.0 Å². The van der Waals surface area contributed by atoms with Gasteiger partial charge in [0.25, 0.3) is 5.91 Å². The molecule has 8 heteroatoms. The van der Waals surface area contributed by atoms with Crippen LogP contribution < -0.4 is 21.1 Å². The normalized spacial score (nSPS) is 18.4. The molecule has 0 bridgehead atoms. The van der Waals surface area contributed by atoms with Crippen molar-refractivity contribution in [2.75, 3.05) is 20.2 Å². The summed E-state index contributed by atoms with van der Waals surface area (Å²) < 4.78 is 5.35. The van der Waals surface area contributed by atoms with Gasteiger partial charge in [0.2, 0.25) is 5.91 Å². The third-order valence-corrected chi connectivity index (χ3v) is 4.44. The molecule has 0 saturated carbocycles. The minimum absolute atomic E-state index is 0. The van der Waals surface area contributed by atoms with Gasteiger partial charge in [-0.15, -0.1) is 12.4 Å². The van der Waals surface area contributed by atoms with E-state index in [1.165, 1.54) is 0 Å². The summed E-state index contributed by atoms with van der Waals surface area (Å²) in [6, 6.07) is 11.6. The summed E-state index contributed by atoms with van der Waals surface area (Å²) in [5, 5.41) is 15.6. The average Bonchev–Trinajstić information content (AvgIpc) is 3.05. The van der Waals surface area contributed by atoms with Gasteiger partial charge in [-0.2, -0.15) is 0 Å². The highest BCUT2D eigenvalue weighted by Crippen LogP contribution is 2.31. The molecule has 5 N–H and O–H groups in total. The molecule has 1 aliphatic rings. The van der Waals surface area contributed by atoms with Crippen LogP contribution in [0.5, 0.6) is 5.75 Å². The number of β-amino-alcohol motifs (C(OH)–C–C–N with tert-alkyl or cyclic N) is 1. The zero-order chi connectivity index (χ0) is 18.7. The van der Waals surface area contributed by atoms with E-state index in [-0.39, 0.29) is 24.4 Å². The molecular formula is C19H22ClN3O4. The maximum Gasteiger partial charge on any atom is 0.251 e. The van der Waals surface area contributed by atoms with E-state index in [1.807, 2.05) is 0 Å². The van der Waals surface area contributed by atoms with E-state index in [0.29, 0.717) is 35.5 Å². The second-order valence-electron chi connectivity index (χ2n) is 6.16. The molecule has 1 saturated heterocycles. The fourth-order valence-electron chi connectivity index (χ4n) is 2.95. The molecule has 0 aromatic heterocycles. The number of carbonyl (C=O) groups excluding carboxylic acids is 2. The highest BCUT2D eigenvalue weighted by atomic mass is 35.5. The van der Waals surface area contributed by atoms with Gasteiger partial charge in [0.1, 0.15) is 5.75 Å². The van der Waals surface area contributed by atoms with Crippen LogP contribution in [0.25, 0.3) is 11.1 Å². The number of amides is 2. The van der Waals surface area contributed by atoms with Crippen molar-refractivity contribution < 1.29 is 19.4 Å². The number of carbonyl (C=O) groups is 2. The lowest BCUT2D eigenvalue weighted by Gasteiger charge is -2.15. The number of aliphatic hydroxyl groups excluding tert-OH is 1. The number of nitrogens with one attached hydrogen (secondary N) is 2. The Morgan fingerprint density at radius 2 is 1.81 bits per heavy atom. The summed E-state index contributed by atoms with van der Waals surface area (Å²) in [6.45, 7) is 1.02. The molecule has 0 unspecified atom stereocenters. The molecule has 7 nitrogen and oxygen atoms in total. The van der Waals surface area contributed by atoms with Crippen LogP contribution in [0.15, 0.2) is 42.5 Å². The highest BCUT2D eigenvalue weighted by Gasteiger charge is 2.26. The number of nitrogens with two attached hydrogens (primary N) is 1. The molecule has 144 valence electrons. The molecule has 2 atom stereocenters. The molecule has 0 spiro atoms. The summed E-state index contributed by atoms with van der Waals surface area (Å²) >= 11 is 0. The van der Waals surface area contributed by atoms with Crippen molar-refractivity contribution in [2.45, 2.75) is 12.1 Å². The molecule has 3 rings (SSSR count). The van der Waals surface area contributed by atoms with Crippen LogP contribution in [0.1, 0.15) is 20.7 Å². The van der Waals surface area contributed by atoms with E-state index in [9.17, 15) is 14.7 Å². The number of hydrogen-bond acceptors (Lipinski definition) is 5. The Morgan fingerprint density at radius 1 is 1.15 bits per heavy atom. The summed E-state index contributed by atoms with van der Waals surface area (Å²) in [7, 11) is 1.55. The van der Waals surface area contributed by atoms with E-state index >= 15 is 0 Å². The Hall–Kier alpha value is -2.61. The molecule has 1 fully saturated rings. The predicted molar refractivity (Wildman–Crippen MR) is 104 cm³/mol. The van der Waals surface area contributed by atoms with Gasteiger partial charge < -0.3 is 26.2 Å². The van der Waals surface area contributed by atoms with Crippen LogP contribution in [-0.2, 0) is 0 Å². The van der Waals surface area contributed by atoms with E-state index in [2.05, 4.69) is 10.6 Å². The van der Waals surface area contributed by atoms with Crippen molar-refractivity contribution in [3.8, 4) is 16.9 Å². The first-order chi connectivity index (χ1) is 12.5. The first-order valence-electron chi connectivity index (χ1n) is 8.27. The highest BCUT2D eigenvalue weighted by molar-refractivity contribution is 5.96. The number of halogens is 1. The Labute approximate surface area is 163 Å². The van der Waals surface area contributed by atoms with Gasteiger partial charge in [0, 0.05) is 29.8 Å².